The van der Waals surface area contributed by atoms with E-state index in [2.05, 4.69) is 21.2 Å². The molecule has 0 aliphatic heterocycles. The molecule has 0 saturated heterocycles. The Morgan fingerprint density at radius 3 is 2.58 bits per heavy atom. The molecule has 2 rings (SSSR count). The number of hydrogen-bond acceptors (Lipinski definition) is 3. The Balaban J connectivity index is 2.30. The molecule has 0 bridgehead atoms. The number of nitrogens with zero attached hydrogens (tertiary/aromatic N) is 1. The molecule has 24 heavy (non-hydrogen) atoms. The molecule has 2 aromatic carbocycles. The molecule has 122 valence electrons. The Hall–Kier alpha value is -2.58. The van der Waals surface area contributed by atoms with Crippen LogP contribution in [0.25, 0.3) is 6.08 Å². The number of nitrogens with one attached hydrogen (secondary N) is 1. The van der Waals surface area contributed by atoms with E-state index >= 15 is 0 Å². The van der Waals surface area contributed by atoms with Crippen LogP contribution in [0, 0.1) is 25.2 Å². The van der Waals surface area contributed by atoms with Crippen molar-refractivity contribution in [3.63, 3.8) is 0 Å². The Morgan fingerprint density at radius 1 is 1.21 bits per heavy atom. The van der Waals surface area contributed by atoms with Crippen LogP contribution in [-0.4, -0.2) is 13.0 Å². The summed E-state index contributed by atoms with van der Waals surface area (Å²) in [4.78, 5) is 12.4. The van der Waals surface area contributed by atoms with Crippen molar-refractivity contribution in [1.29, 1.82) is 5.26 Å². The first-order valence-corrected chi connectivity index (χ1v) is 8.08. The molecular weight excluding hydrogens is 368 g/mol. The van der Waals surface area contributed by atoms with Crippen molar-refractivity contribution in [2.75, 3.05) is 12.4 Å². The monoisotopic (exact) mass is 384 g/mol. The van der Waals surface area contributed by atoms with Crippen molar-refractivity contribution in [3.8, 4) is 11.8 Å². The lowest BCUT2D eigenvalue weighted by molar-refractivity contribution is -0.112. The Morgan fingerprint density at radius 2 is 1.96 bits per heavy atom. The van der Waals surface area contributed by atoms with Crippen LogP contribution >= 0.6 is 15.9 Å². The summed E-state index contributed by atoms with van der Waals surface area (Å²) in [6.07, 6.45) is 1.51. The van der Waals surface area contributed by atoms with E-state index in [1.807, 2.05) is 44.2 Å². The highest BCUT2D eigenvalue weighted by atomic mass is 79.9. The number of methoxy groups -OCH3 is 1. The molecule has 0 aromatic heterocycles. The number of carbonyl (C=O) groups is 1. The first-order chi connectivity index (χ1) is 11.4. The number of benzene rings is 2. The van der Waals surface area contributed by atoms with Gasteiger partial charge in [0.05, 0.1) is 7.11 Å². The van der Waals surface area contributed by atoms with Crippen molar-refractivity contribution in [2.24, 2.45) is 0 Å². The van der Waals surface area contributed by atoms with Gasteiger partial charge in [0.25, 0.3) is 5.91 Å². The second-order valence-electron chi connectivity index (χ2n) is 5.31. The number of aryl methyl sites for hydroxylation is 2. The normalized spacial score (nSPS) is 10.9. The van der Waals surface area contributed by atoms with E-state index in [0.717, 1.165) is 15.6 Å². The molecule has 0 spiro atoms. The molecule has 0 fully saturated rings. The van der Waals surface area contributed by atoms with Gasteiger partial charge in [-0.05, 0) is 61.4 Å². The fraction of sp³-hybridized carbons (Fsp3) is 0.158. The van der Waals surface area contributed by atoms with Crippen LogP contribution in [0.2, 0.25) is 0 Å². The molecule has 0 aliphatic rings. The third kappa shape index (κ3) is 4.24. The number of nitriles is 1. The summed E-state index contributed by atoms with van der Waals surface area (Å²) in [5.41, 5.74) is 3.53. The van der Waals surface area contributed by atoms with Gasteiger partial charge < -0.3 is 10.1 Å². The summed E-state index contributed by atoms with van der Waals surface area (Å²) in [7, 11) is 1.54. The van der Waals surface area contributed by atoms with Crippen LogP contribution in [0.15, 0.2) is 46.4 Å². The molecule has 0 unspecified atom stereocenters. The number of amides is 1. The number of ether oxygens (including phenoxy) is 1. The van der Waals surface area contributed by atoms with Gasteiger partial charge in [-0.2, -0.15) is 5.26 Å². The van der Waals surface area contributed by atoms with E-state index in [4.69, 9.17) is 4.74 Å². The molecular formula is C19H17BrN2O2. The second-order valence-corrected chi connectivity index (χ2v) is 6.22. The zero-order valence-corrected chi connectivity index (χ0v) is 15.3. The molecule has 4 nitrogen and oxygen atoms in total. The van der Waals surface area contributed by atoms with Gasteiger partial charge in [-0.3, -0.25) is 4.79 Å². The average molecular weight is 385 g/mol. The van der Waals surface area contributed by atoms with Gasteiger partial charge in [0.1, 0.15) is 17.4 Å². The van der Waals surface area contributed by atoms with E-state index in [9.17, 15) is 10.1 Å². The van der Waals surface area contributed by atoms with Gasteiger partial charge in [-0.1, -0.05) is 22.0 Å². The van der Waals surface area contributed by atoms with Gasteiger partial charge in [0.15, 0.2) is 0 Å². The number of halogens is 1. The standard InChI is InChI=1S/C19H17BrN2O2/c1-12-4-6-17(8-13(12)2)22-19(23)15(11-21)9-14-10-16(20)5-7-18(14)24-3/h4-10H,1-3H3,(H,22,23)/b15-9+. The summed E-state index contributed by atoms with van der Waals surface area (Å²) in [5.74, 6) is 0.132. The maximum atomic E-state index is 12.4. The maximum Gasteiger partial charge on any atom is 0.266 e. The number of anilines is 1. The van der Waals surface area contributed by atoms with Gasteiger partial charge in [0.2, 0.25) is 0 Å². The van der Waals surface area contributed by atoms with Crippen LogP contribution < -0.4 is 10.1 Å². The largest absolute Gasteiger partial charge is 0.496 e. The van der Waals surface area contributed by atoms with Crippen LogP contribution in [0.5, 0.6) is 5.75 Å². The van der Waals surface area contributed by atoms with Crippen LogP contribution in [0.1, 0.15) is 16.7 Å². The van der Waals surface area contributed by atoms with Crippen LogP contribution in [0.4, 0.5) is 5.69 Å². The number of hydrogen-bond donors (Lipinski definition) is 1. The molecule has 0 atom stereocenters. The highest BCUT2D eigenvalue weighted by Gasteiger charge is 2.12. The molecule has 1 amide bonds. The van der Waals surface area contributed by atoms with Gasteiger partial charge in [-0.25, -0.2) is 0 Å². The van der Waals surface area contributed by atoms with Crippen LogP contribution in [-0.2, 0) is 4.79 Å². The highest BCUT2D eigenvalue weighted by Crippen LogP contribution is 2.25. The van der Waals surface area contributed by atoms with Gasteiger partial charge in [-0.15, -0.1) is 0 Å². The fourth-order valence-electron chi connectivity index (χ4n) is 2.14. The Bertz CT molecular complexity index is 851. The van der Waals surface area contributed by atoms with Crippen molar-refractivity contribution < 1.29 is 9.53 Å². The molecule has 0 radical (unpaired) electrons. The summed E-state index contributed by atoms with van der Waals surface area (Å²) < 4.78 is 6.10. The minimum Gasteiger partial charge on any atom is -0.496 e. The zero-order valence-electron chi connectivity index (χ0n) is 13.7. The third-order valence-corrected chi connectivity index (χ3v) is 4.11. The summed E-state index contributed by atoms with van der Waals surface area (Å²) in [6.45, 7) is 3.97. The molecule has 0 heterocycles. The average Bonchev–Trinajstić information content (AvgIpc) is 2.56. The predicted molar refractivity (Wildman–Crippen MR) is 98.8 cm³/mol. The first-order valence-electron chi connectivity index (χ1n) is 7.28. The predicted octanol–water partition coefficient (Wildman–Crippen LogP) is 4.62. The molecule has 5 heteroatoms. The molecule has 1 N–H and O–H groups in total. The minimum atomic E-state index is -0.456. The second kappa shape index (κ2) is 7.80. The minimum absolute atomic E-state index is 0.00429. The SMILES string of the molecule is COc1ccc(Br)cc1/C=C(\C#N)C(=O)Nc1ccc(C)c(C)c1. The third-order valence-electron chi connectivity index (χ3n) is 3.62. The van der Waals surface area contributed by atoms with E-state index in [-0.39, 0.29) is 5.57 Å². The summed E-state index contributed by atoms with van der Waals surface area (Å²) in [6, 6.07) is 13.0. The van der Waals surface area contributed by atoms with E-state index < -0.39 is 5.91 Å². The zero-order chi connectivity index (χ0) is 17.7. The van der Waals surface area contributed by atoms with E-state index in [1.165, 1.54) is 6.08 Å². The number of rotatable bonds is 4. The quantitative estimate of drug-likeness (QED) is 0.617. The topological polar surface area (TPSA) is 62.1 Å². The summed E-state index contributed by atoms with van der Waals surface area (Å²) >= 11 is 3.37. The van der Waals surface area contributed by atoms with Gasteiger partial charge >= 0.3 is 0 Å². The van der Waals surface area contributed by atoms with Crippen molar-refractivity contribution >= 4 is 33.6 Å². The summed E-state index contributed by atoms with van der Waals surface area (Å²) in [5, 5.41) is 12.1. The van der Waals surface area contributed by atoms with Crippen molar-refractivity contribution in [1.82, 2.24) is 0 Å². The van der Waals surface area contributed by atoms with Gasteiger partial charge in [0, 0.05) is 15.7 Å². The maximum absolute atomic E-state index is 12.4. The Labute approximate surface area is 149 Å². The molecule has 0 aliphatic carbocycles. The van der Waals surface area contributed by atoms with E-state index in [1.54, 1.807) is 19.2 Å². The number of carbonyl (C=O) groups excluding carboxylic acids is 1. The molecule has 0 saturated carbocycles. The van der Waals surface area contributed by atoms with Crippen molar-refractivity contribution in [3.05, 3.63) is 63.1 Å². The van der Waals surface area contributed by atoms with Crippen LogP contribution in [0.3, 0.4) is 0 Å². The lowest BCUT2D eigenvalue weighted by atomic mass is 10.1. The van der Waals surface area contributed by atoms with Crippen molar-refractivity contribution in [2.45, 2.75) is 13.8 Å². The highest BCUT2D eigenvalue weighted by molar-refractivity contribution is 9.10. The first kappa shape index (κ1) is 17.8. The Kier molecular flexibility index (Phi) is 5.78. The molecule has 2 aromatic rings. The fourth-order valence-corrected chi connectivity index (χ4v) is 2.52. The lowest BCUT2D eigenvalue weighted by Crippen LogP contribution is -2.13. The van der Waals surface area contributed by atoms with E-state index in [0.29, 0.717) is 17.0 Å². The smallest absolute Gasteiger partial charge is 0.266 e. The lowest BCUT2D eigenvalue weighted by Gasteiger charge is -2.08.